The Bertz CT molecular complexity index is 911. The molecule has 0 amide bonds. The van der Waals surface area contributed by atoms with Crippen LogP contribution >= 0.6 is 0 Å². The van der Waals surface area contributed by atoms with E-state index in [0.29, 0.717) is 39.7 Å². The first-order valence-corrected chi connectivity index (χ1v) is 7.80. The minimum atomic E-state index is -0.468. The van der Waals surface area contributed by atoms with Gasteiger partial charge in [0.1, 0.15) is 17.3 Å². The number of benzene rings is 2. The first-order chi connectivity index (χ1) is 12.5. The maximum Gasteiger partial charge on any atom is 0.343 e. The molecule has 0 fully saturated rings. The van der Waals surface area contributed by atoms with Gasteiger partial charge >= 0.3 is 5.97 Å². The van der Waals surface area contributed by atoms with Gasteiger partial charge in [0.2, 0.25) is 0 Å². The number of methoxy groups -OCH3 is 3. The summed E-state index contributed by atoms with van der Waals surface area (Å²) in [6, 6.07) is 10.1. The van der Waals surface area contributed by atoms with E-state index in [9.17, 15) is 9.90 Å². The number of ether oxygens (including phenoxy) is 4. The second-order valence-electron chi connectivity index (χ2n) is 5.50. The van der Waals surface area contributed by atoms with Gasteiger partial charge in [0.25, 0.3) is 0 Å². The van der Waals surface area contributed by atoms with Gasteiger partial charge in [-0.15, -0.1) is 0 Å². The lowest BCUT2D eigenvalue weighted by atomic mass is 10.1. The standard InChI is InChI=1S/C20H18O6/c1-23-14-5-6-15(17(11-14)24-2)18-10-13(20(22)26-18)8-12-4-7-16(21)19(9-12)25-3/h4-11,21H,1-3H3. The fourth-order valence-corrected chi connectivity index (χ4v) is 2.59. The zero-order chi connectivity index (χ0) is 18.7. The van der Waals surface area contributed by atoms with Gasteiger partial charge in [-0.05, 0) is 42.0 Å². The van der Waals surface area contributed by atoms with E-state index in [0.717, 1.165) is 0 Å². The second kappa shape index (κ2) is 7.23. The summed E-state index contributed by atoms with van der Waals surface area (Å²) >= 11 is 0. The molecule has 0 radical (unpaired) electrons. The zero-order valence-corrected chi connectivity index (χ0v) is 14.6. The molecule has 6 heteroatoms. The Kier molecular flexibility index (Phi) is 4.84. The Labute approximate surface area is 150 Å². The summed E-state index contributed by atoms with van der Waals surface area (Å²) in [6.07, 6.45) is 3.30. The monoisotopic (exact) mass is 354 g/mol. The first kappa shape index (κ1) is 17.4. The van der Waals surface area contributed by atoms with Crippen molar-refractivity contribution in [2.24, 2.45) is 0 Å². The van der Waals surface area contributed by atoms with Crippen molar-refractivity contribution in [1.29, 1.82) is 0 Å². The number of carbonyl (C=O) groups is 1. The minimum Gasteiger partial charge on any atom is -0.504 e. The van der Waals surface area contributed by atoms with Crippen LogP contribution in [0, 0.1) is 0 Å². The molecule has 1 aliphatic heterocycles. The summed E-state index contributed by atoms with van der Waals surface area (Å²) in [5.41, 5.74) is 1.73. The van der Waals surface area contributed by atoms with Crippen LogP contribution in [0.5, 0.6) is 23.0 Å². The third-order valence-corrected chi connectivity index (χ3v) is 3.93. The van der Waals surface area contributed by atoms with Gasteiger partial charge in [-0.2, -0.15) is 0 Å². The van der Waals surface area contributed by atoms with Crippen LogP contribution in [-0.4, -0.2) is 32.4 Å². The summed E-state index contributed by atoms with van der Waals surface area (Å²) in [4.78, 5) is 12.2. The van der Waals surface area contributed by atoms with E-state index in [4.69, 9.17) is 18.9 Å². The van der Waals surface area contributed by atoms with Gasteiger partial charge in [-0.1, -0.05) is 6.07 Å². The molecule has 26 heavy (non-hydrogen) atoms. The maximum absolute atomic E-state index is 12.2. The molecule has 2 aromatic rings. The van der Waals surface area contributed by atoms with Gasteiger partial charge in [0.15, 0.2) is 11.5 Å². The molecule has 0 saturated carbocycles. The molecule has 0 aliphatic carbocycles. The summed E-state index contributed by atoms with van der Waals surface area (Å²) in [7, 11) is 4.56. The molecule has 1 N–H and O–H groups in total. The Morgan fingerprint density at radius 2 is 1.73 bits per heavy atom. The van der Waals surface area contributed by atoms with Crippen molar-refractivity contribution in [2.75, 3.05) is 21.3 Å². The number of phenols is 1. The summed E-state index contributed by atoms with van der Waals surface area (Å²) in [5.74, 6) is 1.46. The van der Waals surface area contributed by atoms with Crippen LogP contribution in [-0.2, 0) is 9.53 Å². The number of aromatic hydroxyl groups is 1. The minimum absolute atomic E-state index is 0.0304. The molecule has 3 rings (SSSR count). The van der Waals surface area contributed by atoms with E-state index in [1.165, 1.54) is 20.3 Å². The van der Waals surface area contributed by atoms with Crippen molar-refractivity contribution in [2.45, 2.75) is 0 Å². The van der Waals surface area contributed by atoms with Crippen LogP contribution in [0.2, 0.25) is 0 Å². The fraction of sp³-hybridized carbons (Fsp3) is 0.150. The average Bonchev–Trinajstić information content (AvgIpc) is 3.02. The number of rotatable bonds is 5. The predicted octanol–water partition coefficient (Wildman–Crippen LogP) is 3.40. The van der Waals surface area contributed by atoms with Crippen molar-refractivity contribution in [3.05, 3.63) is 59.2 Å². The largest absolute Gasteiger partial charge is 0.504 e. The molecular weight excluding hydrogens is 336 g/mol. The van der Waals surface area contributed by atoms with E-state index in [1.807, 2.05) is 0 Å². The number of carbonyl (C=O) groups excluding carboxylic acids is 1. The molecule has 2 aromatic carbocycles. The fourth-order valence-electron chi connectivity index (χ4n) is 2.59. The number of esters is 1. The van der Waals surface area contributed by atoms with Crippen molar-refractivity contribution in [3.63, 3.8) is 0 Å². The summed E-state index contributed by atoms with van der Waals surface area (Å²) in [5, 5.41) is 9.67. The Morgan fingerprint density at radius 1 is 0.962 bits per heavy atom. The van der Waals surface area contributed by atoms with Crippen molar-refractivity contribution >= 4 is 17.8 Å². The molecule has 6 nitrogen and oxygen atoms in total. The van der Waals surface area contributed by atoms with Crippen molar-refractivity contribution < 1.29 is 28.8 Å². The number of phenolic OH excluding ortho intramolecular Hbond substituents is 1. The van der Waals surface area contributed by atoms with E-state index >= 15 is 0 Å². The Balaban J connectivity index is 1.97. The molecule has 1 heterocycles. The normalized spacial score (nSPS) is 14.8. The van der Waals surface area contributed by atoms with Gasteiger partial charge in [-0.25, -0.2) is 4.79 Å². The van der Waals surface area contributed by atoms with Gasteiger partial charge in [0, 0.05) is 6.07 Å². The highest BCUT2D eigenvalue weighted by Gasteiger charge is 2.24. The quantitative estimate of drug-likeness (QED) is 0.655. The second-order valence-corrected chi connectivity index (χ2v) is 5.50. The average molecular weight is 354 g/mol. The van der Waals surface area contributed by atoms with Crippen LogP contribution in [0.25, 0.3) is 11.8 Å². The van der Waals surface area contributed by atoms with Crippen molar-refractivity contribution in [3.8, 4) is 23.0 Å². The Hall–Kier alpha value is -3.41. The molecule has 0 atom stereocenters. The molecule has 0 bridgehead atoms. The highest BCUT2D eigenvalue weighted by molar-refractivity contribution is 6.05. The molecule has 0 spiro atoms. The molecule has 0 aromatic heterocycles. The van der Waals surface area contributed by atoms with Gasteiger partial charge in [0.05, 0.1) is 32.5 Å². The van der Waals surface area contributed by atoms with Gasteiger partial charge in [-0.3, -0.25) is 0 Å². The molecule has 1 aliphatic rings. The van der Waals surface area contributed by atoms with Crippen molar-refractivity contribution in [1.82, 2.24) is 0 Å². The highest BCUT2D eigenvalue weighted by atomic mass is 16.5. The van der Waals surface area contributed by atoms with E-state index < -0.39 is 5.97 Å². The van der Waals surface area contributed by atoms with Gasteiger partial charge < -0.3 is 24.1 Å². The molecule has 0 unspecified atom stereocenters. The first-order valence-electron chi connectivity index (χ1n) is 7.80. The molecule has 0 saturated heterocycles. The number of hydrogen-bond acceptors (Lipinski definition) is 6. The number of cyclic esters (lactones) is 1. The van der Waals surface area contributed by atoms with E-state index in [1.54, 1.807) is 49.6 Å². The van der Waals surface area contributed by atoms with Crippen LogP contribution in [0.1, 0.15) is 11.1 Å². The van der Waals surface area contributed by atoms with Crippen LogP contribution in [0.3, 0.4) is 0 Å². The third-order valence-electron chi connectivity index (χ3n) is 3.93. The van der Waals surface area contributed by atoms with E-state index in [2.05, 4.69) is 0 Å². The smallest absolute Gasteiger partial charge is 0.343 e. The topological polar surface area (TPSA) is 74.2 Å². The zero-order valence-electron chi connectivity index (χ0n) is 14.6. The molecule has 134 valence electrons. The SMILES string of the molecule is COc1ccc(C2=CC(=Cc3ccc(O)c(OC)c3)C(=O)O2)c(OC)c1. The molecular formula is C20H18O6. The summed E-state index contributed by atoms with van der Waals surface area (Å²) in [6.45, 7) is 0. The third kappa shape index (κ3) is 3.35. The van der Waals surface area contributed by atoms with E-state index in [-0.39, 0.29) is 5.75 Å². The lowest BCUT2D eigenvalue weighted by Gasteiger charge is -2.10. The lowest BCUT2D eigenvalue weighted by molar-refractivity contribution is -0.130. The Morgan fingerprint density at radius 3 is 2.42 bits per heavy atom. The van der Waals surface area contributed by atoms with Crippen LogP contribution in [0.15, 0.2) is 48.0 Å². The highest BCUT2D eigenvalue weighted by Crippen LogP contribution is 2.35. The van der Waals surface area contributed by atoms with Crippen LogP contribution in [0.4, 0.5) is 0 Å². The number of hydrogen-bond donors (Lipinski definition) is 1. The predicted molar refractivity (Wildman–Crippen MR) is 96.3 cm³/mol. The van der Waals surface area contributed by atoms with Crippen LogP contribution < -0.4 is 14.2 Å². The summed E-state index contributed by atoms with van der Waals surface area (Å²) < 4.78 is 21.0. The maximum atomic E-state index is 12.2. The lowest BCUT2D eigenvalue weighted by Crippen LogP contribution is -1.98.